The Balaban J connectivity index is 1.80. The van der Waals surface area contributed by atoms with E-state index < -0.39 is 14.6 Å². The van der Waals surface area contributed by atoms with Crippen molar-refractivity contribution < 1.29 is 13.2 Å². The number of amides is 1. The minimum absolute atomic E-state index is 0.0954. The van der Waals surface area contributed by atoms with Crippen LogP contribution in [0.3, 0.4) is 0 Å². The number of sulfone groups is 1. The van der Waals surface area contributed by atoms with Gasteiger partial charge in [0.1, 0.15) is 0 Å². The van der Waals surface area contributed by atoms with Crippen molar-refractivity contribution >= 4 is 32.2 Å². The first-order chi connectivity index (χ1) is 11.7. The number of hydrogen-bond acceptors (Lipinski definition) is 5. The van der Waals surface area contributed by atoms with Crippen molar-refractivity contribution in [3.8, 4) is 0 Å². The molecule has 2 aliphatic carbocycles. The summed E-state index contributed by atoms with van der Waals surface area (Å²) in [6.45, 7) is 6.19. The van der Waals surface area contributed by atoms with Gasteiger partial charge in [-0.05, 0) is 32.1 Å². The minimum atomic E-state index is -3.46. The number of aromatic nitrogens is 1. The van der Waals surface area contributed by atoms with E-state index in [0.717, 1.165) is 31.4 Å². The lowest BCUT2D eigenvalue weighted by Gasteiger charge is -2.42. The lowest BCUT2D eigenvalue weighted by atomic mass is 9.83. The summed E-state index contributed by atoms with van der Waals surface area (Å²) in [4.78, 5) is 17.4. The molecule has 3 rings (SSSR count). The van der Waals surface area contributed by atoms with E-state index in [1.807, 2.05) is 5.38 Å². The van der Waals surface area contributed by atoms with Crippen LogP contribution in [0, 0.1) is 0 Å². The Morgan fingerprint density at radius 1 is 1.20 bits per heavy atom. The number of anilines is 1. The third kappa shape index (κ3) is 3.37. The van der Waals surface area contributed by atoms with Crippen LogP contribution in [0.15, 0.2) is 5.38 Å². The molecule has 0 bridgehead atoms. The monoisotopic (exact) mass is 384 g/mol. The summed E-state index contributed by atoms with van der Waals surface area (Å²) in [6.07, 6.45) is 6.06. The number of carbonyl (C=O) groups is 1. The van der Waals surface area contributed by atoms with Gasteiger partial charge in [-0.1, -0.05) is 40.0 Å². The highest BCUT2D eigenvalue weighted by Crippen LogP contribution is 2.45. The number of nitrogens with zero attached hydrogens (tertiary/aromatic N) is 1. The average Bonchev–Trinajstić information content (AvgIpc) is 2.95. The van der Waals surface area contributed by atoms with Crippen molar-refractivity contribution in [2.45, 2.75) is 87.5 Å². The van der Waals surface area contributed by atoms with Gasteiger partial charge in [-0.2, -0.15) is 0 Å². The number of nitrogens with one attached hydrogen (secondary N) is 1. The molecule has 2 aliphatic rings. The van der Waals surface area contributed by atoms with Crippen LogP contribution < -0.4 is 5.32 Å². The van der Waals surface area contributed by atoms with Gasteiger partial charge in [-0.15, -0.1) is 11.3 Å². The molecular weight excluding hydrogens is 356 g/mol. The summed E-state index contributed by atoms with van der Waals surface area (Å²) in [5.74, 6) is -0.376. The molecule has 0 spiro atoms. The van der Waals surface area contributed by atoms with Crippen molar-refractivity contribution in [1.82, 2.24) is 4.98 Å². The van der Waals surface area contributed by atoms with E-state index in [1.165, 1.54) is 11.3 Å². The Kier molecular flexibility index (Phi) is 5.01. The molecule has 140 valence electrons. The lowest BCUT2D eigenvalue weighted by molar-refractivity contribution is -0.120. The van der Waals surface area contributed by atoms with Gasteiger partial charge in [0.2, 0.25) is 5.91 Å². The van der Waals surface area contributed by atoms with Crippen LogP contribution in [-0.4, -0.2) is 29.3 Å². The SMILES string of the molecule is CC(C)(C)c1csc(NC(=O)C2(S(=O)(=O)C3CCCCC3)CCC2)n1. The summed E-state index contributed by atoms with van der Waals surface area (Å²) in [7, 11) is -3.46. The van der Waals surface area contributed by atoms with E-state index in [1.54, 1.807) is 0 Å². The van der Waals surface area contributed by atoms with E-state index >= 15 is 0 Å². The molecule has 0 radical (unpaired) electrons. The highest BCUT2D eigenvalue weighted by Gasteiger charge is 2.57. The van der Waals surface area contributed by atoms with Crippen LogP contribution >= 0.6 is 11.3 Å². The molecule has 1 aromatic rings. The van der Waals surface area contributed by atoms with E-state index in [4.69, 9.17) is 0 Å². The second kappa shape index (κ2) is 6.65. The average molecular weight is 385 g/mol. The molecule has 0 saturated heterocycles. The van der Waals surface area contributed by atoms with Crippen LogP contribution in [0.1, 0.15) is 77.8 Å². The Morgan fingerprint density at radius 2 is 1.84 bits per heavy atom. The molecule has 2 saturated carbocycles. The minimum Gasteiger partial charge on any atom is -0.301 e. The van der Waals surface area contributed by atoms with Gasteiger partial charge in [0, 0.05) is 10.8 Å². The fourth-order valence-electron chi connectivity index (χ4n) is 3.72. The van der Waals surface area contributed by atoms with Crippen molar-refractivity contribution in [2.24, 2.45) is 0 Å². The van der Waals surface area contributed by atoms with Crippen molar-refractivity contribution in [1.29, 1.82) is 0 Å². The van der Waals surface area contributed by atoms with Gasteiger partial charge in [0.05, 0.1) is 10.9 Å². The van der Waals surface area contributed by atoms with Crippen LogP contribution in [0.25, 0.3) is 0 Å². The number of rotatable bonds is 4. The van der Waals surface area contributed by atoms with Gasteiger partial charge < -0.3 is 5.32 Å². The first-order valence-electron chi connectivity index (χ1n) is 9.18. The molecule has 1 heterocycles. The zero-order valence-electron chi connectivity index (χ0n) is 15.3. The van der Waals surface area contributed by atoms with Crippen molar-refractivity contribution in [3.63, 3.8) is 0 Å². The maximum atomic E-state index is 13.2. The molecule has 2 fully saturated rings. The van der Waals surface area contributed by atoms with E-state index in [9.17, 15) is 13.2 Å². The molecule has 0 aliphatic heterocycles. The standard InChI is InChI=1S/C18H28N2O3S2/c1-17(2,3)14-12-24-16(19-14)20-15(21)18(10-7-11-18)25(22,23)13-8-5-4-6-9-13/h12-13H,4-11H2,1-3H3,(H,19,20,21). The Labute approximate surface area is 154 Å². The summed E-state index contributed by atoms with van der Waals surface area (Å²) in [6, 6.07) is 0. The molecular formula is C18H28N2O3S2. The third-order valence-electron chi connectivity index (χ3n) is 5.60. The van der Waals surface area contributed by atoms with Gasteiger partial charge in [-0.3, -0.25) is 4.79 Å². The fourth-order valence-corrected chi connectivity index (χ4v) is 7.41. The third-order valence-corrected chi connectivity index (χ3v) is 9.39. The molecule has 5 nitrogen and oxygen atoms in total. The largest absolute Gasteiger partial charge is 0.301 e. The molecule has 7 heteroatoms. The zero-order valence-corrected chi connectivity index (χ0v) is 16.9. The molecule has 1 amide bonds. The highest BCUT2D eigenvalue weighted by molar-refractivity contribution is 7.94. The molecule has 0 atom stereocenters. The number of hydrogen-bond donors (Lipinski definition) is 1. The predicted molar refractivity (Wildman–Crippen MR) is 102 cm³/mol. The molecule has 1 aromatic heterocycles. The van der Waals surface area contributed by atoms with Gasteiger partial charge in [0.15, 0.2) is 19.7 Å². The van der Waals surface area contributed by atoms with Gasteiger partial charge >= 0.3 is 0 Å². The van der Waals surface area contributed by atoms with Gasteiger partial charge in [0.25, 0.3) is 0 Å². The second-order valence-electron chi connectivity index (χ2n) is 8.39. The molecule has 0 aromatic carbocycles. The van der Waals surface area contributed by atoms with E-state index in [-0.39, 0.29) is 16.6 Å². The van der Waals surface area contributed by atoms with Crippen LogP contribution in [-0.2, 0) is 20.0 Å². The summed E-state index contributed by atoms with van der Waals surface area (Å²) >= 11 is 1.36. The Bertz CT molecular complexity index is 737. The fraction of sp³-hybridized carbons (Fsp3) is 0.778. The summed E-state index contributed by atoms with van der Waals surface area (Å²) in [5.41, 5.74) is 0.813. The molecule has 0 unspecified atom stereocenters. The first kappa shape index (κ1) is 18.8. The number of carbonyl (C=O) groups excluding carboxylic acids is 1. The zero-order chi connectivity index (χ0) is 18.3. The van der Waals surface area contributed by atoms with Crippen LogP contribution in [0.2, 0.25) is 0 Å². The topological polar surface area (TPSA) is 76.1 Å². The van der Waals surface area contributed by atoms with Crippen LogP contribution in [0.4, 0.5) is 5.13 Å². The number of thiazole rings is 1. The Morgan fingerprint density at radius 3 is 2.32 bits per heavy atom. The second-order valence-corrected chi connectivity index (χ2v) is 11.8. The maximum Gasteiger partial charge on any atom is 0.247 e. The lowest BCUT2D eigenvalue weighted by Crippen LogP contribution is -2.57. The van der Waals surface area contributed by atoms with Crippen molar-refractivity contribution in [2.75, 3.05) is 5.32 Å². The van der Waals surface area contributed by atoms with Crippen molar-refractivity contribution in [3.05, 3.63) is 11.1 Å². The van der Waals surface area contributed by atoms with Crippen LogP contribution in [0.5, 0.6) is 0 Å². The smallest absolute Gasteiger partial charge is 0.247 e. The summed E-state index contributed by atoms with van der Waals surface area (Å²) in [5, 5.41) is 4.89. The van der Waals surface area contributed by atoms with E-state index in [0.29, 0.717) is 30.8 Å². The van der Waals surface area contributed by atoms with Gasteiger partial charge in [-0.25, -0.2) is 13.4 Å². The first-order valence-corrected chi connectivity index (χ1v) is 11.6. The summed E-state index contributed by atoms with van der Waals surface area (Å²) < 4.78 is 25.2. The van der Waals surface area contributed by atoms with E-state index in [2.05, 4.69) is 31.1 Å². The highest BCUT2D eigenvalue weighted by atomic mass is 32.2. The Hall–Kier alpha value is -0.950. The molecule has 1 N–H and O–H groups in total. The quantitative estimate of drug-likeness (QED) is 0.850. The molecule has 25 heavy (non-hydrogen) atoms. The maximum absolute atomic E-state index is 13.2. The predicted octanol–water partition coefficient (Wildman–Crippen LogP) is 4.05. The normalized spacial score (nSPS) is 21.6.